The van der Waals surface area contributed by atoms with Gasteiger partial charge in [0.25, 0.3) is 5.91 Å². The van der Waals surface area contributed by atoms with Crippen molar-refractivity contribution < 1.29 is 19.4 Å². The van der Waals surface area contributed by atoms with Crippen molar-refractivity contribution >= 4 is 46.3 Å². The molecule has 2 rings (SSSR count). The van der Waals surface area contributed by atoms with E-state index < -0.39 is 17.9 Å². The lowest BCUT2D eigenvalue weighted by Crippen LogP contribution is -2.52. The molecular formula is C20H24NO4S2-. The average Bonchev–Trinajstić information content (AvgIpc) is 2.87. The number of hydrogen-bond acceptors (Lipinski definition) is 6. The molecule has 1 aliphatic heterocycles. The van der Waals surface area contributed by atoms with Crippen molar-refractivity contribution in [3.63, 3.8) is 0 Å². The van der Waals surface area contributed by atoms with Gasteiger partial charge in [0.1, 0.15) is 10.1 Å². The summed E-state index contributed by atoms with van der Waals surface area (Å²) < 4.78 is 5.92. The van der Waals surface area contributed by atoms with Gasteiger partial charge in [0.05, 0.1) is 23.5 Å². The summed E-state index contributed by atoms with van der Waals surface area (Å²) in [5, 5.41) is 11.4. The maximum Gasteiger partial charge on any atom is 0.266 e. The third-order valence-corrected chi connectivity index (χ3v) is 5.50. The fourth-order valence-corrected chi connectivity index (χ4v) is 4.08. The molecule has 0 unspecified atom stereocenters. The van der Waals surface area contributed by atoms with E-state index in [1.165, 1.54) is 0 Å². The van der Waals surface area contributed by atoms with Crippen molar-refractivity contribution in [1.29, 1.82) is 0 Å². The Morgan fingerprint density at radius 1 is 1.30 bits per heavy atom. The van der Waals surface area contributed by atoms with Crippen LogP contribution >= 0.6 is 24.0 Å². The number of amides is 1. The number of carboxylic acids is 1. The van der Waals surface area contributed by atoms with Crippen LogP contribution in [0.3, 0.4) is 0 Å². The van der Waals surface area contributed by atoms with Crippen molar-refractivity contribution in [2.45, 2.75) is 46.1 Å². The van der Waals surface area contributed by atoms with E-state index in [1.807, 2.05) is 24.3 Å². The molecule has 0 aromatic heterocycles. The van der Waals surface area contributed by atoms with Crippen LogP contribution in [0.1, 0.15) is 45.6 Å². The van der Waals surface area contributed by atoms with E-state index in [1.54, 1.807) is 19.9 Å². The number of hydrogen-bond donors (Lipinski definition) is 0. The second-order valence-corrected chi connectivity index (χ2v) is 8.36. The molecule has 7 heteroatoms. The first-order chi connectivity index (χ1) is 12.8. The number of benzene rings is 1. The zero-order chi connectivity index (χ0) is 20.0. The summed E-state index contributed by atoms with van der Waals surface area (Å²) >= 11 is 6.34. The molecule has 5 nitrogen and oxygen atoms in total. The summed E-state index contributed by atoms with van der Waals surface area (Å²) in [6.07, 6.45) is 5.03. The van der Waals surface area contributed by atoms with Gasteiger partial charge in [-0.25, -0.2) is 0 Å². The number of thioether (sulfide) groups is 1. The van der Waals surface area contributed by atoms with Crippen LogP contribution in [0.5, 0.6) is 5.75 Å². The fraction of sp³-hybridized carbons (Fsp3) is 0.450. The number of rotatable bonds is 9. The molecular weight excluding hydrogens is 382 g/mol. The number of nitrogens with zero attached hydrogens (tertiary/aromatic N) is 1. The number of carbonyl (C=O) groups is 2. The van der Waals surface area contributed by atoms with Crippen LogP contribution in [0.2, 0.25) is 0 Å². The Hall–Kier alpha value is -1.86. The van der Waals surface area contributed by atoms with E-state index in [0.717, 1.165) is 47.2 Å². The molecule has 0 N–H and O–H groups in total. The van der Waals surface area contributed by atoms with E-state index >= 15 is 0 Å². The Bertz CT molecular complexity index is 728. The van der Waals surface area contributed by atoms with Crippen molar-refractivity contribution in [3.05, 3.63) is 34.7 Å². The smallest absolute Gasteiger partial charge is 0.266 e. The van der Waals surface area contributed by atoms with E-state index in [0.29, 0.717) is 11.5 Å². The maximum absolute atomic E-state index is 12.7. The number of thiocarbonyl (C=S) groups is 1. The lowest BCUT2D eigenvalue weighted by Gasteiger charge is -2.30. The molecule has 0 aliphatic carbocycles. The quantitative estimate of drug-likeness (QED) is 0.356. The largest absolute Gasteiger partial charge is 0.548 e. The molecule has 0 spiro atoms. The number of unbranched alkanes of at least 4 members (excludes halogenated alkanes) is 2. The molecule has 0 bridgehead atoms. The molecule has 0 radical (unpaired) electrons. The lowest BCUT2D eigenvalue weighted by molar-refractivity contribution is -0.311. The van der Waals surface area contributed by atoms with Crippen LogP contribution in [0, 0.1) is 5.92 Å². The molecule has 1 atom stereocenters. The molecule has 146 valence electrons. The molecule has 0 saturated carbocycles. The van der Waals surface area contributed by atoms with Gasteiger partial charge in [0, 0.05) is 0 Å². The minimum atomic E-state index is -1.30. The Balaban J connectivity index is 2.10. The third-order valence-electron chi connectivity index (χ3n) is 4.17. The Labute approximate surface area is 169 Å². The molecule has 1 aliphatic rings. The predicted molar refractivity (Wildman–Crippen MR) is 110 cm³/mol. The second kappa shape index (κ2) is 9.90. The summed E-state index contributed by atoms with van der Waals surface area (Å²) in [7, 11) is 0. The molecule has 1 amide bonds. The highest BCUT2D eigenvalue weighted by molar-refractivity contribution is 8.26. The standard InChI is InChI=1S/C20H25NO4S2/c1-4-5-6-11-25-15-9-7-14(8-10-15)12-16-18(22)21(20(26)27-16)17(13(2)3)19(23)24/h7-10,12-13,17H,4-6,11H2,1-3H3,(H,23,24)/p-1/b16-12-/t17-/m1/s1. The van der Waals surface area contributed by atoms with Crippen LogP contribution in [0.15, 0.2) is 29.2 Å². The Morgan fingerprint density at radius 2 is 1.96 bits per heavy atom. The average molecular weight is 407 g/mol. The van der Waals surface area contributed by atoms with Crippen molar-refractivity contribution in [3.8, 4) is 5.75 Å². The summed E-state index contributed by atoms with van der Waals surface area (Å²) in [6.45, 7) is 6.28. The summed E-state index contributed by atoms with van der Waals surface area (Å²) in [6, 6.07) is 6.37. The van der Waals surface area contributed by atoms with Gasteiger partial charge in [-0.05, 0) is 36.1 Å². The number of carboxylic acid groups (broad SMARTS) is 1. The number of aliphatic carboxylic acids is 1. The first-order valence-electron chi connectivity index (χ1n) is 9.06. The fourth-order valence-electron chi connectivity index (χ4n) is 2.75. The minimum absolute atomic E-state index is 0.241. The van der Waals surface area contributed by atoms with Gasteiger partial charge in [0.15, 0.2) is 0 Å². The summed E-state index contributed by atoms with van der Waals surface area (Å²) in [4.78, 5) is 25.7. The normalized spacial score (nSPS) is 17.0. The van der Waals surface area contributed by atoms with Gasteiger partial charge in [-0.3, -0.25) is 9.69 Å². The number of ether oxygens (including phenoxy) is 1. The van der Waals surface area contributed by atoms with Crippen molar-refractivity contribution in [1.82, 2.24) is 4.90 Å². The van der Waals surface area contributed by atoms with Gasteiger partial charge in [-0.2, -0.15) is 0 Å². The highest BCUT2D eigenvalue weighted by Gasteiger charge is 2.38. The zero-order valence-corrected chi connectivity index (χ0v) is 17.4. The van der Waals surface area contributed by atoms with Crippen molar-refractivity contribution in [2.24, 2.45) is 5.92 Å². The van der Waals surface area contributed by atoms with Gasteiger partial charge in [-0.1, -0.05) is 69.7 Å². The monoisotopic (exact) mass is 406 g/mol. The van der Waals surface area contributed by atoms with E-state index in [-0.39, 0.29) is 10.2 Å². The van der Waals surface area contributed by atoms with E-state index in [4.69, 9.17) is 17.0 Å². The molecule has 27 heavy (non-hydrogen) atoms. The highest BCUT2D eigenvalue weighted by atomic mass is 32.2. The van der Waals surface area contributed by atoms with Gasteiger partial charge in [-0.15, -0.1) is 0 Å². The molecule has 1 saturated heterocycles. The SMILES string of the molecule is CCCCCOc1ccc(/C=C2\SC(=S)N([C@@H](C(=O)[O-])C(C)C)C2=O)cc1. The van der Waals surface area contributed by atoms with Crippen LogP contribution in [-0.4, -0.2) is 33.7 Å². The van der Waals surface area contributed by atoms with Crippen LogP contribution in [0.25, 0.3) is 6.08 Å². The summed E-state index contributed by atoms with van der Waals surface area (Å²) in [5.74, 6) is -1.21. The van der Waals surface area contributed by atoms with E-state index in [2.05, 4.69) is 6.92 Å². The van der Waals surface area contributed by atoms with Crippen LogP contribution in [-0.2, 0) is 9.59 Å². The Kier molecular flexibility index (Phi) is 7.86. The van der Waals surface area contributed by atoms with Crippen LogP contribution in [0.4, 0.5) is 0 Å². The van der Waals surface area contributed by atoms with Crippen molar-refractivity contribution in [2.75, 3.05) is 6.61 Å². The number of carbonyl (C=O) groups excluding carboxylic acids is 2. The van der Waals surface area contributed by atoms with Gasteiger partial charge >= 0.3 is 0 Å². The predicted octanol–water partition coefficient (Wildman–Crippen LogP) is 3.23. The minimum Gasteiger partial charge on any atom is -0.548 e. The lowest BCUT2D eigenvalue weighted by atomic mass is 10.0. The first kappa shape index (κ1) is 21.4. The molecule has 1 heterocycles. The highest BCUT2D eigenvalue weighted by Crippen LogP contribution is 2.35. The first-order valence-corrected chi connectivity index (χ1v) is 10.3. The zero-order valence-electron chi connectivity index (χ0n) is 15.8. The van der Waals surface area contributed by atoms with E-state index in [9.17, 15) is 14.7 Å². The third kappa shape index (κ3) is 5.56. The molecule has 1 fully saturated rings. The van der Waals surface area contributed by atoms with Crippen LogP contribution < -0.4 is 9.84 Å². The molecule has 1 aromatic rings. The molecule has 1 aromatic carbocycles. The van der Waals surface area contributed by atoms with Gasteiger partial charge in [0.2, 0.25) is 0 Å². The second-order valence-electron chi connectivity index (χ2n) is 6.68. The Morgan fingerprint density at radius 3 is 2.52 bits per heavy atom. The maximum atomic E-state index is 12.7. The topological polar surface area (TPSA) is 69.7 Å². The summed E-state index contributed by atoms with van der Waals surface area (Å²) in [5.41, 5.74) is 0.825. The van der Waals surface area contributed by atoms with Gasteiger partial charge < -0.3 is 14.6 Å².